The van der Waals surface area contributed by atoms with Crippen molar-refractivity contribution >= 4 is 29.0 Å². The van der Waals surface area contributed by atoms with Gasteiger partial charge in [0, 0.05) is 11.8 Å². The van der Waals surface area contributed by atoms with Crippen LogP contribution in [-0.2, 0) is 4.79 Å². The van der Waals surface area contributed by atoms with Crippen molar-refractivity contribution in [3.8, 4) is 0 Å². The summed E-state index contributed by atoms with van der Waals surface area (Å²) in [5.74, 6) is 1.32. The molecule has 0 aromatic carbocycles. The van der Waals surface area contributed by atoms with Crippen molar-refractivity contribution in [3.63, 3.8) is 0 Å². The molecule has 3 aliphatic carbocycles. The van der Waals surface area contributed by atoms with Crippen molar-refractivity contribution in [2.45, 2.75) is 10.8 Å². The standard InChI is InChI=1S/C9H8Cl2O/c10-9(11)7-5-2-1-4(3-5)6(7)8(9)12/h1-2,4-7H,3H2/t4-,5-,6+,7+/m0/s1. The average molecular weight is 203 g/mol. The first-order chi connectivity index (χ1) is 5.62. The Morgan fingerprint density at radius 1 is 1.33 bits per heavy atom. The molecule has 0 spiro atoms. The SMILES string of the molecule is O=C1[C@H]2[C@@H]([C@H]3C=C[C@H]2C3)C1(Cl)Cl. The lowest BCUT2D eigenvalue weighted by Crippen LogP contribution is -2.57. The molecule has 2 bridgehead atoms. The van der Waals surface area contributed by atoms with E-state index < -0.39 is 4.33 Å². The third-order valence-electron chi connectivity index (χ3n) is 3.51. The number of carbonyl (C=O) groups excluding carboxylic acids is 1. The number of ketones is 1. The summed E-state index contributed by atoms with van der Waals surface area (Å²) in [6.07, 6.45) is 5.40. The molecule has 2 saturated carbocycles. The van der Waals surface area contributed by atoms with E-state index >= 15 is 0 Å². The molecule has 0 aromatic heterocycles. The highest BCUT2D eigenvalue weighted by molar-refractivity contribution is 6.61. The summed E-state index contributed by atoms with van der Waals surface area (Å²) in [5.41, 5.74) is 0. The topological polar surface area (TPSA) is 17.1 Å². The molecule has 0 radical (unpaired) electrons. The van der Waals surface area contributed by atoms with E-state index in [9.17, 15) is 4.79 Å². The first kappa shape index (κ1) is 7.40. The van der Waals surface area contributed by atoms with Crippen LogP contribution in [0.5, 0.6) is 0 Å². The number of carbonyl (C=O) groups is 1. The number of halogens is 2. The Labute approximate surface area is 80.7 Å². The van der Waals surface area contributed by atoms with Crippen LogP contribution in [-0.4, -0.2) is 10.1 Å². The molecule has 0 unspecified atom stereocenters. The molecule has 0 aromatic rings. The monoisotopic (exact) mass is 202 g/mol. The molecule has 4 atom stereocenters. The van der Waals surface area contributed by atoms with E-state index in [0.717, 1.165) is 6.42 Å². The van der Waals surface area contributed by atoms with E-state index in [-0.39, 0.29) is 17.6 Å². The zero-order valence-corrected chi connectivity index (χ0v) is 7.85. The number of alkyl halides is 2. The Morgan fingerprint density at radius 2 is 2.00 bits per heavy atom. The van der Waals surface area contributed by atoms with E-state index in [4.69, 9.17) is 23.2 Å². The average Bonchev–Trinajstić information content (AvgIpc) is 2.59. The molecule has 0 aliphatic heterocycles. The molecule has 3 aliphatic rings. The van der Waals surface area contributed by atoms with Gasteiger partial charge in [-0.25, -0.2) is 0 Å². The molecule has 0 amide bonds. The highest BCUT2D eigenvalue weighted by Gasteiger charge is 2.68. The summed E-state index contributed by atoms with van der Waals surface area (Å²) in [6, 6.07) is 0. The molecule has 0 N–H and O–H groups in total. The van der Waals surface area contributed by atoms with E-state index in [2.05, 4.69) is 12.2 Å². The predicted molar refractivity (Wildman–Crippen MR) is 47.2 cm³/mol. The Hall–Kier alpha value is -0.0100. The minimum atomic E-state index is -1.06. The highest BCUT2D eigenvalue weighted by atomic mass is 35.5. The van der Waals surface area contributed by atoms with Crippen molar-refractivity contribution in [1.82, 2.24) is 0 Å². The number of fused-ring (bicyclic) bond motifs is 5. The van der Waals surface area contributed by atoms with Gasteiger partial charge in [0.15, 0.2) is 10.1 Å². The third-order valence-corrected chi connectivity index (χ3v) is 4.39. The number of hydrogen-bond donors (Lipinski definition) is 0. The molecule has 1 nitrogen and oxygen atoms in total. The van der Waals surface area contributed by atoms with Gasteiger partial charge in [-0.3, -0.25) is 4.79 Å². The summed E-state index contributed by atoms with van der Waals surface area (Å²) in [4.78, 5) is 11.5. The summed E-state index contributed by atoms with van der Waals surface area (Å²) < 4.78 is -1.06. The van der Waals surface area contributed by atoms with E-state index in [0.29, 0.717) is 11.8 Å². The van der Waals surface area contributed by atoms with E-state index in [1.54, 1.807) is 0 Å². The number of Topliss-reactive ketones (excluding diaryl/α,β-unsaturated/α-hetero) is 1. The molecular formula is C9H8Cl2O. The fourth-order valence-electron chi connectivity index (χ4n) is 2.96. The third kappa shape index (κ3) is 0.590. The van der Waals surface area contributed by atoms with Gasteiger partial charge in [-0.2, -0.15) is 0 Å². The van der Waals surface area contributed by atoms with Gasteiger partial charge in [0.1, 0.15) is 0 Å². The van der Waals surface area contributed by atoms with Crippen molar-refractivity contribution in [2.75, 3.05) is 0 Å². The fourth-order valence-corrected chi connectivity index (χ4v) is 3.81. The van der Waals surface area contributed by atoms with E-state index in [1.165, 1.54) is 0 Å². The van der Waals surface area contributed by atoms with Gasteiger partial charge in [0.2, 0.25) is 0 Å². The summed E-state index contributed by atoms with van der Waals surface area (Å²) in [6.45, 7) is 0. The Kier molecular flexibility index (Phi) is 1.18. The maximum absolute atomic E-state index is 11.5. The second-order valence-corrected chi connectivity index (χ2v) is 5.37. The fraction of sp³-hybridized carbons (Fsp3) is 0.667. The molecular weight excluding hydrogens is 195 g/mol. The Bertz CT molecular complexity index is 295. The van der Waals surface area contributed by atoms with Crippen molar-refractivity contribution in [1.29, 1.82) is 0 Å². The van der Waals surface area contributed by atoms with Crippen molar-refractivity contribution in [2.24, 2.45) is 23.7 Å². The lowest BCUT2D eigenvalue weighted by molar-refractivity contribution is -0.136. The van der Waals surface area contributed by atoms with Gasteiger partial charge in [0.05, 0.1) is 0 Å². The van der Waals surface area contributed by atoms with Crippen LogP contribution in [0.25, 0.3) is 0 Å². The van der Waals surface area contributed by atoms with Gasteiger partial charge in [-0.05, 0) is 18.3 Å². The number of hydrogen-bond acceptors (Lipinski definition) is 1. The van der Waals surface area contributed by atoms with Crippen LogP contribution in [0.1, 0.15) is 6.42 Å². The first-order valence-electron chi connectivity index (χ1n) is 4.23. The maximum atomic E-state index is 11.5. The zero-order chi connectivity index (χ0) is 8.51. The van der Waals surface area contributed by atoms with Gasteiger partial charge in [0.25, 0.3) is 0 Å². The molecule has 0 saturated heterocycles. The van der Waals surface area contributed by atoms with Crippen LogP contribution in [0.2, 0.25) is 0 Å². The van der Waals surface area contributed by atoms with Crippen LogP contribution in [0.4, 0.5) is 0 Å². The van der Waals surface area contributed by atoms with Crippen LogP contribution in [0.15, 0.2) is 12.2 Å². The number of rotatable bonds is 0. The Morgan fingerprint density at radius 3 is 2.67 bits per heavy atom. The largest absolute Gasteiger partial charge is 0.296 e. The first-order valence-corrected chi connectivity index (χ1v) is 4.98. The highest BCUT2D eigenvalue weighted by Crippen LogP contribution is 2.64. The molecule has 12 heavy (non-hydrogen) atoms. The summed E-state index contributed by atoms with van der Waals surface area (Å²) in [5, 5.41) is 0. The molecule has 0 heterocycles. The molecule has 2 fully saturated rings. The zero-order valence-electron chi connectivity index (χ0n) is 6.34. The van der Waals surface area contributed by atoms with Gasteiger partial charge in [-0.15, -0.1) is 0 Å². The van der Waals surface area contributed by atoms with Crippen LogP contribution >= 0.6 is 23.2 Å². The van der Waals surface area contributed by atoms with E-state index in [1.807, 2.05) is 0 Å². The Balaban J connectivity index is 2.04. The van der Waals surface area contributed by atoms with Gasteiger partial charge < -0.3 is 0 Å². The lowest BCUT2D eigenvalue weighted by atomic mass is 9.66. The van der Waals surface area contributed by atoms with Crippen LogP contribution in [0.3, 0.4) is 0 Å². The minimum absolute atomic E-state index is 0.0488. The lowest BCUT2D eigenvalue weighted by Gasteiger charge is -2.46. The smallest absolute Gasteiger partial charge is 0.180 e. The van der Waals surface area contributed by atoms with Crippen LogP contribution in [0, 0.1) is 23.7 Å². The number of allylic oxidation sites excluding steroid dienone is 2. The summed E-state index contributed by atoms with van der Waals surface area (Å²) >= 11 is 11.9. The normalized spacial score (nSPS) is 52.3. The van der Waals surface area contributed by atoms with Crippen LogP contribution < -0.4 is 0 Å². The second-order valence-electron chi connectivity index (χ2n) is 3.99. The van der Waals surface area contributed by atoms with Crippen molar-refractivity contribution < 1.29 is 4.79 Å². The van der Waals surface area contributed by atoms with Gasteiger partial charge >= 0.3 is 0 Å². The van der Waals surface area contributed by atoms with Gasteiger partial charge in [-0.1, -0.05) is 35.4 Å². The predicted octanol–water partition coefficient (Wildman–Crippen LogP) is 2.18. The maximum Gasteiger partial charge on any atom is 0.180 e. The molecule has 3 rings (SSSR count). The summed E-state index contributed by atoms with van der Waals surface area (Å²) in [7, 11) is 0. The minimum Gasteiger partial charge on any atom is -0.296 e. The second kappa shape index (κ2) is 1.91. The molecule has 64 valence electrons. The molecule has 3 heteroatoms. The quantitative estimate of drug-likeness (QED) is 0.435. The van der Waals surface area contributed by atoms with Crippen molar-refractivity contribution in [3.05, 3.63) is 12.2 Å².